The molecule has 0 aliphatic heterocycles. The quantitative estimate of drug-likeness (QED) is 0.227. The van der Waals surface area contributed by atoms with Crippen LogP contribution in [0.15, 0.2) is 24.3 Å². The fourth-order valence-electron chi connectivity index (χ4n) is 3.08. The molecule has 0 fully saturated rings. The van der Waals surface area contributed by atoms with E-state index in [1.165, 1.54) is 26.0 Å². The van der Waals surface area contributed by atoms with E-state index in [9.17, 15) is 29.1 Å². The van der Waals surface area contributed by atoms with Crippen molar-refractivity contribution in [2.45, 2.75) is 64.7 Å². The fourth-order valence-corrected chi connectivity index (χ4v) is 3.08. The third-order valence-corrected chi connectivity index (χ3v) is 4.92. The van der Waals surface area contributed by atoms with E-state index in [0.717, 1.165) is 0 Å². The number of phenolic OH excluding ortho intramolecular Hbond substituents is 1. The first kappa shape index (κ1) is 28.9. The first-order chi connectivity index (χ1) is 16.3. The highest BCUT2D eigenvalue weighted by Crippen LogP contribution is 2.12. The van der Waals surface area contributed by atoms with Crippen molar-refractivity contribution >= 4 is 29.6 Å². The number of aromatic hydroxyl groups is 1. The first-order valence-electron chi connectivity index (χ1n) is 10.9. The number of carbonyl (C=O) groups excluding carboxylic acids is 4. The van der Waals surface area contributed by atoms with Gasteiger partial charge in [0, 0.05) is 13.3 Å². The van der Waals surface area contributed by atoms with Gasteiger partial charge in [0.25, 0.3) is 0 Å². The van der Waals surface area contributed by atoms with E-state index in [4.69, 9.17) is 10.4 Å². The van der Waals surface area contributed by atoms with E-state index >= 15 is 0 Å². The van der Waals surface area contributed by atoms with Gasteiger partial charge in [0.2, 0.25) is 23.6 Å². The highest BCUT2D eigenvalue weighted by Gasteiger charge is 2.30. The highest BCUT2D eigenvalue weighted by molar-refractivity contribution is 5.94. The summed E-state index contributed by atoms with van der Waals surface area (Å²) in [4.78, 5) is 60.5. The Balaban J connectivity index is 2.88. The molecular weight excluding hydrogens is 458 g/mol. The number of nitrogens with one attached hydrogen (secondary N) is 4. The van der Waals surface area contributed by atoms with E-state index in [-0.39, 0.29) is 18.1 Å². The Kier molecular flexibility index (Phi) is 11.2. The van der Waals surface area contributed by atoms with E-state index in [1.54, 1.807) is 32.0 Å². The van der Waals surface area contributed by atoms with Crippen LogP contribution >= 0.6 is 0 Å². The van der Waals surface area contributed by atoms with Gasteiger partial charge in [-0.25, -0.2) is 0 Å². The van der Waals surface area contributed by atoms with Gasteiger partial charge in [0.05, 0.1) is 12.5 Å². The SMILES string of the molecule is CC(=O)N[C@@H](Cc1ccc(O)cc1)C(=O)N[C@H](C(=O)N[C@@H](C)C(=O)NC(C#N)CC(=O)O)C(C)C. The Labute approximate surface area is 203 Å². The van der Waals surface area contributed by atoms with E-state index in [2.05, 4.69) is 21.3 Å². The minimum absolute atomic E-state index is 0.0491. The van der Waals surface area contributed by atoms with E-state index in [0.29, 0.717) is 5.56 Å². The number of rotatable bonds is 12. The Morgan fingerprint density at radius 2 is 1.51 bits per heavy atom. The van der Waals surface area contributed by atoms with Gasteiger partial charge in [0.1, 0.15) is 29.9 Å². The lowest BCUT2D eigenvalue weighted by Gasteiger charge is -2.26. The topological polar surface area (TPSA) is 198 Å². The lowest BCUT2D eigenvalue weighted by molar-refractivity contribution is -0.137. The molecule has 1 rings (SSSR count). The minimum Gasteiger partial charge on any atom is -0.508 e. The summed E-state index contributed by atoms with van der Waals surface area (Å²) in [6.45, 7) is 5.97. The van der Waals surface area contributed by atoms with Crippen molar-refractivity contribution in [1.82, 2.24) is 21.3 Å². The van der Waals surface area contributed by atoms with Crippen molar-refractivity contribution in [3.05, 3.63) is 29.8 Å². The number of carbonyl (C=O) groups is 5. The maximum atomic E-state index is 12.9. The second-order valence-electron chi connectivity index (χ2n) is 8.37. The molecule has 190 valence electrons. The van der Waals surface area contributed by atoms with Crippen LogP contribution in [0.1, 0.15) is 39.7 Å². The molecule has 4 atom stereocenters. The van der Waals surface area contributed by atoms with Crippen molar-refractivity contribution in [2.24, 2.45) is 5.92 Å². The van der Waals surface area contributed by atoms with Gasteiger partial charge < -0.3 is 31.5 Å². The van der Waals surface area contributed by atoms with Gasteiger partial charge in [-0.05, 0) is 30.5 Å². The molecule has 0 bridgehead atoms. The van der Waals surface area contributed by atoms with Gasteiger partial charge in [-0.3, -0.25) is 24.0 Å². The molecule has 12 heteroatoms. The molecule has 4 amide bonds. The molecule has 1 aromatic carbocycles. The second-order valence-corrected chi connectivity index (χ2v) is 8.37. The van der Waals surface area contributed by atoms with Crippen LogP contribution in [0.3, 0.4) is 0 Å². The third kappa shape index (κ3) is 10.1. The molecule has 0 aliphatic carbocycles. The molecule has 0 radical (unpaired) electrons. The van der Waals surface area contributed by atoms with Crippen molar-refractivity contribution in [1.29, 1.82) is 5.26 Å². The van der Waals surface area contributed by atoms with Crippen molar-refractivity contribution < 1.29 is 34.2 Å². The average Bonchev–Trinajstić information content (AvgIpc) is 2.76. The lowest BCUT2D eigenvalue weighted by Crippen LogP contribution is -2.58. The Morgan fingerprint density at radius 1 is 0.914 bits per heavy atom. The van der Waals surface area contributed by atoms with Crippen LogP contribution in [0.4, 0.5) is 0 Å². The van der Waals surface area contributed by atoms with Crippen molar-refractivity contribution in [2.75, 3.05) is 0 Å². The largest absolute Gasteiger partial charge is 0.508 e. The molecule has 0 saturated carbocycles. The zero-order valence-corrected chi connectivity index (χ0v) is 20.0. The summed E-state index contributed by atoms with van der Waals surface area (Å²) >= 11 is 0. The monoisotopic (exact) mass is 489 g/mol. The summed E-state index contributed by atoms with van der Waals surface area (Å²) in [5.74, 6) is -4.11. The van der Waals surface area contributed by atoms with Crippen LogP contribution in [-0.4, -0.2) is 64.0 Å². The lowest BCUT2D eigenvalue weighted by atomic mass is 10.0. The number of aliphatic carboxylic acids is 1. The first-order valence-corrected chi connectivity index (χ1v) is 10.9. The summed E-state index contributed by atoms with van der Waals surface area (Å²) in [5, 5.41) is 37.0. The summed E-state index contributed by atoms with van der Waals surface area (Å²) < 4.78 is 0. The van der Waals surface area contributed by atoms with Gasteiger partial charge in [-0.1, -0.05) is 26.0 Å². The number of nitriles is 1. The molecular formula is C23H31N5O7. The summed E-state index contributed by atoms with van der Waals surface area (Å²) in [5.41, 5.74) is 0.668. The van der Waals surface area contributed by atoms with E-state index in [1.807, 2.05) is 0 Å². The van der Waals surface area contributed by atoms with Crippen LogP contribution in [-0.2, 0) is 30.4 Å². The smallest absolute Gasteiger partial charge is 0.306 e. The fraction of sp³-hybridized carbons (Fsp3) is 0.478. The van der Waals surface area contributed by atoms with Crippen LogP contribution < -0.4 is 21.3 Å². The Morgan fingerprint density at radius 3 is 2.00 bits per heavy atom. The van der Waals surface area contributed by atoms with Crippen molar-refractivity contribution in [3.8, 4) is 11.8 Å². The molecule has 6 N–H and O–H groups in total. The number of carboxylic acids is 1. The zero-order chi connectivity index (χ0) is 26.7. The van der Waals surface area contributed by atoms with Crippen molar-refractivity contribution in [3.63, 3.8) is 0 Å². The molecule has 1 aromatic rings. The number of carboxylic acid groups (broad SMARTS) is 1. The van der Waals surface area contributed by atoms with Crippen LogP contribution in [0.5, 0.6) is 5.75 Å². The van der Waals surface area contributed by atoms with Gasteiger partial charge in [-0.2, -0.15) is 5.26 Å². The molecule has 35 heavy (non-hydrogen) atoms. The molecule has 0 saturated heterocycles. The summed E-state index contributed by atoms with van der Waals surface area (Å²) in [7, 11) is 0. The predicted octanol–water partition coefficient (Wildman–Crippen LogP) is -0.432. The van der Waals surface area contributed by atoms with Crippen LogP contribution in [0.25, 0.3) is 0 Å². The Bertz CT molecular complexity index is 971. The molecule has 0 aromatic heterocycles. The molecule has 0 aliphatic rings. The van der Waals surface area contributed by atoms with Gasteiger partial charge >= 0.3 is 5.97 Å². The predicted molar refractivity (Wildman–Crippen MR) is 124 cm³/mol. The average molecular weight is 490 g/mol. The Hall–Kier alpha value is -4.14. The van der Waals surface area contributed by atoms with Crippen LogP contribution in [0.2, 0.25) is 0 Å². The third-order valence-electron chi connectivity index (χ3n) is 4.92. The molecule has 0 spiro atoms. The van der Waals surface area contributed by atoms with Gasteiger partial charge in [0.15, 0.2) is 0 Å². The number of hydrogen-bond donors (Lipinski definition) is 6. The summed E-state index contributed by atoms with van der Waals surface area (Å²) in [6, 6.07) is 3.31. The maximum Gasteiger partial charge on any atom is 0.306 e. The number of hydrogen-bond acceptors (Lipinski definition) is 7. The maximum absolute atomic E-state index is 12.9. The van der Waals surface area contributed by atoms with E-state index < -0.39 is 60.2 Å². The number of amides is 4. The normalized spacial score (nSPS) is 13.9. The zero-order valence-electron chi connectivity index (χ0n) is 20.0. The number of nitrogens with zero attached hydrogens (tertiary/aromatic N) is 1. The minimum atomic E-state index is -1.27. The highest BCUT2D eigenvalue weighted by atomic mass is 16.4. The van der Waals surface area contributed by atoms with Gasteiger partial charge in [-0.15, -0.1) is 0 Å². The molecule has 12 nitrogen and oxygen atoms in total. The molecule has 0 heterocycles. The summed E-state index contributed by atoms with van der Waals surface area (Å²) in [6.07, 6.45) is -0.491. The number of phenols is 1. The van der Waals surface area contributed by atoms with Crippen LogP contribution in [0, 0.1) is 17.2 Å². The molecule has 1 unspecified atom stereocenters. The second kappa shape index (κ2) is 13.5. The standard InChI is InChI=1S/C23H31N5O7/c1-12(2)20(23(35)25-13(3)21(33)27-16(11-24)10-19(31)32)28-22(34)18(26-14(4)29)9-15-5-7-17(30)8-6-15/h5-8,12-13,16,18,20,30H,9-10H2,1-4H3,(H,25,35)(H,26,29)(H,27,33)(H,28,34)(H,31,32)/t13-,16?,18-,20-/m0/s1. The number of benzene rings is 1.